The van der Waals surface area contributed by atoms with E-state index in [0.29, 0.717) is 0 Å². The van der Waals surface area contributed by atoms with E-state index in [1.165, 1.54) is 0 Å². The second-order valence-electron chi connectivity index (χ2n) is 8.15. The van der Waals surface area contributed by atoms with Gasteiger partial charge < -0.3 is 15.8 Å². The molecule has 0 aliphatic heterocycles. The molecule has 0 aliphatic rings. The minimum absolute atomic E-state index is 0. The van der Waals surface area contributed by atoms with E-state index in [0.717, 1.165) is 20.3 Å². The van der Waals surface area contributed by atoms with Crippen molar-refractivity contribution in [1.82, 2.24) is 0 Å². The van der Waals surface area contributed by atoms with Gasteiger partial charge in [0.25, 0.3) is 0 Å². The summed E-state index contributed by atoms with van der Waals surface area (Å²) < 4.78 is 7.09. The summed E-state index contributed by atoms with van der Waals surface area (Å²) in [6, 6.07) is 15.7. The summed E-state index contributed by atoms with van der Waals surface area (Å²) in [6.07, 6.45) is 0. The van der Waals surface area contributed by atoms with Crippen molar-refractivity contribution >= 4 is 49.1 Å². The normalized spacial score (nSPS) is 9.90. The van der Waals surface area contributed by atoms with Crippen LogP contribution in [0.5, 0.6) is 0 Å². The van der Waals surface area contributed by atoms with Gasteiger partial charge in [0.05, 0.1) is 0 Å². The summed E-state index contributed by atoms with van der Waals surface area (Å²) >= 11 is 6.76. The number of hydrogen-bond acceptors (Lipinski definition) is 4. The topological polar surface area (TPSA) is 71.1 Å². The molecule has 172 valence electrons. The van der Waals surface area contributed by atoms with Gasteiger partial charge in [-0.2, -0.15) is 0 Å². The molecule has 0 fully saturated rings. The summed E-state index contributed by atoms with van der Waals surface area (Å²) in [7, 11) is 0. The largest absolute Gasteiger partial charge is 0.476 e. The zero-order chi connectivity index (χ0) is 22.0. The van der Waals surface area contributed by atoms with Crippen LogP contribution in [0.4, 0.5) is 11.4 Å². The number of para-hydroxylation sites is 2. The van der Waals surface area contributed by atoms with Crippen molar-refractivity contribution in [2.75, 3.05) is 11.1 Å². The van der Waals surface area contributed by atoms with Crippen molar-refractivity contribution in [1.29, 1.82) is 5.41 Å². The number of nitrogens with two attached hydrogens (primary N) is 1. The highest BCUT2D eigenvalue weighted by atomic mass is 79.9. The van der Waals surface area contributed by atoms with Crippen molar-refractivity contribution in [2.24, 2.45) is 0 Å². The molecule has 0 aromatic heterocycles. The molecule has 0 unspecified atom stereocenters. The van der Waals surface area contributed by atoms with Crippen LogP contribution in [-0.4, -0.2) is 17.0 Å². The highest BCUT2D eigenvalue weighted by Crippen LogP contribution is 2.24. The van der Waals surface area contributed by atoms with E-state index in [4.69, 9.17) is 15.9 Å². The highest BCUT2D eigenvalue weighted by molar-refractivity contribution is 9.11. The zero-order valence-electron chi connectivity index (χ0n) is 17.9. The monoisotopic (exact) mass is 545 g/mol. The lowest BCUT2D eigenvalue weighted by Crippen LogP contribution is -2.26. The van der Waals surface area contributed by atoms with Crippen molar-refractivity contribution in [3.63, 3.8) is 0 Å². The molecule has 0 bridgehead atoms. The third-order valence-corrected chi connectivity index (χ3v) is 4.16. The number of ether oxygens (including phenoxy) is 1. The Morgan fingerprint density at radius 2 is 1.30 bits per heavy atom. The quantitative estimate of drug-likeness (QED) is 0.190. The lowest BCUT2D eigenvalue weighted by molar-refractivity contribution is 0.114. The van der Waals surface area contributed by atoms with Crippen LogP contribution in [0.25, 0.3) is 0 Å². The maximum atomic E-state index is 6.93. The van der Waals surface area contributed by atoms with Crippen LogP contribution in [0.2, 0.25) is 0 Å². The minimum Gasteiger partial charge on any atom is -0.476 e. The zero-order valence-corrected chi connectivity index (χ0v) is 21.0. The van der Waals surface area contributed by atoms with Crippen molar-refractivity contribution in [3.8, 4) is 0 Å². The van der Waals surface area contributed by atoms with Gasteiger partial charge in [-0.05, 0) is 97.7 Å². The Bertz CT molecular complexity index is 715. The molecule has 30 heavy (non-hydrogen) atoms. The Hall–Kier alpha value is -1.53. The fourth-order valence-electron chi connectivity index (χ4n) is 1.90. The van der Waals surface area contributed by atoms with Crippen LogP contribution < -0.4 is 11.1 Å². The third-order valence-electron chi connectivity index (χ3n) is 2.75. The summed E-state index contributed by atoms with van der Waals surface area (Å²) in [4.78, 5) is 0. The lowest BCUT2D eigenvalue weighted by atomic mass is 10.1. The Labute approximate surface area is 201 Å². The molecule has 0 saturated carbocycles. The van der Waals surface area contributed by atoms with E-state index in [9.17, 15) is 0 Å². The van der Waals surface area contributed by atoms with E-state index in [1.54, 1.807) is 6.92 Å². The summed E-state index contributed by atoms with van der Waals surface area (Å²) in [5, 5.41) is 10.3. The number of rotatable bonds is 1. The van der Waals surface area contributed by atoms with Gasteiger partial charge in [0.1, 0.15) is 5.60 Å². The fourth-order valence-corrected chi connectivity index (χ4v) is 2.57. The predicted octanol–water partition coefficient (Wildman–Crippen LogP) is 8.76. The van der Waals surface area contributed by atoms with Crippen molar-refractivity contribution in [2.45, 2.75) is 74.5 Å². The highest BCUT2D eigenvalue weighted by Gasteiger charge is 2.10. The SMILES string of the molecule is C.C.CC(=N)OC(C)(C)C.CC(C)(C)Nc1ccccc1Br.Nc1ccccc1Br. The molecular formula is C24H41Br2N3O. The van der Waals surface area contributed by atoms with Gasteiger partial charge in [-0.25, -0.2) is 0 Å². The Morgan fingerprint density at radius 3 is 1.57 bits per heavy atom. The maximum Gasteiger partial charge on any atom is 0.177 e. The molecule has 0 spiro atoms. The molecule has 6 heteroatoms. The molecule has 0 radical (unpaired) electrons. The van der Waals surface area contributed by atoms with Gasteiger partial charge in [-0.3, -0.25) is 5.41 Å². The molecule has 0 atom stereocenters. The molecule has 2 aromatic rings. The second-order valence-corrected chi connectivity index (χ2v) is 9.86. The first-order chi connectivity index (χ1) is 12.7. The average molecular weight is 547 g/mol. The smallest absolute Gasteiger partial charge is 0.177 e. The van der Waals surface area contributed by atoms with E-state index in [-0.39, 0.29) is 31.9 Å². The molecule has 2 rings (SSSR count). The Balaban J connectivity index is -0.000000364. The Kier molecular flexibility index (Phi) is 16.9. The molecule has 0 heterocycles. The van der Waals surface area contributed by atoms with Gasteiger partial charge in [0.15, 0.2) is 5.90 Å². The number of benzene rings is 2. The van der Waals surface area contributed by atoms with Crippen LogP contribution in [0, 0.1) is 5.41 Å². The van der Waals surface area contributed by atoms with E-state index < -0.39 is 0 Å². The van der Waals surface area contributed by atoms with Crippen molar-refractivity contribution in [3.05, 3.63) is 57.5 Å². The van der Waals surface area contributed by atoms with E-state index >= 15 is 0 Å². The third kappa shape index (κ3) is 18.5. The first kappa shape index (κ1) is 33.1. The molecule has 2 aromatic carbocycles. The minimum atomic E-state index is -0.203. The molecule has 4 N–H and O–H groups in total. The second kappa shape index (κ2) is 15.3. The summed E-state index contributed by atoms with van der Waals surface area (Å²) in [5.74, 6) is 0.275. The van der Waals surface area contributed by atoms with E-state index in [2.05, 4.69) is 64.0 Å². The standard InChI is InChI=1S/C10H14BrN.C6H6BrN.C6H13NO.2CH4/c1-10(2,3)12-9-7-5-4-6-8(9)11;7-5-3-1-2-4-6(5)8;1-5(7)8-6(2,3)4;;/h4-7,12H,1-3H3;1-4H,8H2;7H,1-4H3;2*1H4. The van der Waals surface area contributed by atoms with Crippen LogP contribution in [0.15, 0.2) is 57.5 Å². The molecule has 0 saturated heterocycles. The number of anilines is 2. The van der Waals surface area contributed by atoms with Crippen LogP contribution in [0.3, 0.4) is 0 Å². The van der Waals surface area contributed by atoms with Crippen LogP contribution >= 0.6 is 31.9 Å². The number of hydrogen-bond donors (Lipinski definition) is 3. The first-order valence-electron chi connectivity index (χ1n) is 8.98. The van der Waals surface area contributed by atoms with Crippen LogP contribution in [0.1, 0.15) is 63.3 Å². The van der Waals surface area contributed by atoms with Crippen molar-refractivity contribution < 1.29 is 4.74 Å². The van der Waals surface area contributed by atoms with Crippen LogP contribution in [-0.2, 0) is 4.74 Å². The van der Waals surface area contributed by atoms with Gasteiger partial charge >= 0.3 is 0 Å². The molecular weight excluding hydrogens is 506 g/mol. The average Bonchev–Trinajstić information content (AvgIpc) is 2.50. The first-order valence-corrected chi connectivity index (χ1v) is 10.6. The molecule has 0 amide bonds. The molecule has 4 nitrogen and oxygen atoms in total. The van der Waals surface area contributed by atoms with Gasteiger partial charge in [-0.15, -0.1) is 0 Å². The summed E-state index contributed by atoms with van der Waals surface area (Å²) in [5.41, 5.74) is 7.31. The predicted molar refractivity (Wildman–Crippen MR) is 144 cm³/mol. The fraction of sp³-hybridized carbons (Fsp3) is 0.458. The number of nitrogen functional groups attached to an aromatic ring is 1. The maximum absolute atomic E-state index is 6.93. The van der Waals surface area contributed by atoms with E-state index in [1.807, 2.05) is 63.2 Å². The van der Waals surface area contributed by atoms with Gasteiger partial charge in [0.2, 0.25) is 0 Å². The van der Waals surface area contributed by atoms with Gasteiger partial charge in [-0.1, -0.05) is 39.1 Å². The molecule has 0 aliphatic carbocycles. The summed E-state index contributed by atoms with van der Waals surface area (Å²) in [6.45, 7) is 13.8. The number of nitrogens with one attached hydrogen (secondary N) is 2. The lowest BCUT2D eigenvalue weighted by Gasteiger charge is -2.22. The Morgan fingerprint density at radius 1 is 0.867 bits per heavy atom. The number of halogens is 2. The van der Waals surface area contributed by atoms with Gasteiger partial charge in [0, 0.05) is 32.8 Å².